The molecule has 0 heterocycles. The van der Waals surface area contributed by atoms with E-state index in [1.165, 1.54) is 31.0 Å². The maximum atomic E-state index is 13.2. The summed E-state index contributed by atoms with van der Waals surface area (Å²) in [6.07, 6.45) is 3.48. The highest BCUT2D eigenvalue weighted by molar-refractivity contribution is 9.10. The van der Waals surface area contributed by atoms with Crippen molar-refractivity contribution in [2.45, 2.75) is 39.2 Å². The molecule has 4 nitrogen and oxygen atoms in total. The number of carbonyl (C=O) groups is 1. The Bertz CT molecular complexity index is 599. The molecule has 1 amide bonds. The molecule has 0 bridgehead atoms. The van der Waals surface area contributed by atoms with E-state index in [2.05, 4.69) is 45.9 Å². The van der Waals surface area contributed by atoms with Crippen LogP contribution in [0.25, 0.3) is 0 Å². The number of hydrazine groups is 1. The van der Waals surface area contributed by atoms with E-state index in [1.54, 1.807) is 0 Å². The number of halogens is 2. The van der Waals surface area contributed by atoms with Crippen molar-refractivity contribution in [3.8, 4) is 0 Å². The van der Waals surface area contributed by atoms with Gasteiger partial charge in [-0.2, -0.15) is 0 Å². The third kappa shape index (κ3) is 4.88. The number of thiocarbonyl (C=S) groups is 1. The predicted molar refractivity (Wildman–Crippen MR) is 96.4 cm³/mol. The topological polar surface area (TPSA) is 53.2 Å². The average Bonchev–Trinajstić information content (AvgIpc) is 2.52. The Morgan fingerprint density at radius 3 is 2.78 bits per heavy atom. The Balaban J connectivity index is 1.86. The van der Waals surface area contributed by atoms with Crippen molar-refractivity contribution in [1.82, 2.24) is 16.2 Å². The molecule has 0 spiro atoms. The van der Waals surface area contributed by atoms with Crippen molar-refractivity contribution in [2.75, 3.05) is 0 Å². The summed E-state index contributed by atoms with van der Waals surface area (Å²) >= 11 is 8.46. The highest BCUT2D eigenvalue weighted by Gasteiger charge is 2.27. The van der Waals surface area contributed by atoms with Crippen molar-refractivity contribution in [2.24, 2.45) is 11.8 Å². The van der Waals surface area contributed by atoms with Gasteiger partial charge in [0.25, 0.3) is 5.91 Å². The quantitative estimate of drug-likeness (QED) is 0.524. The zero-order valence-electron chi connectivity index (χ0n) is 13.2. The van der Waals surface area contributed by atoms with Gasteiger partial charge >= 0.3 is 0 Å². The Hall–Kier alpha value is -1.21. The molecular weight excluding hydrogens is 381 g/mol. The van der Waals surface area contributed by atoms with Gasteiger partial charge in [-0.3, -0.25) is 15.6 Å². The van der Waals surface area contributed by atoms with Crippen LogP contribution < -0.4 is 16.2 Å². The molecule has 1 aliphatic carbocycles. The average molecular weight is 402 g/mol. The van der Waals surface area contributed by atoms with E-state index in [1.807, 2.05) is 0 Å². The molecule has 3 N–H and O–H groups in total. The summed E-state index contributed by atoms with van der Waals surface area (Å²) in [4.78, 5) is 12.1. The van der Waals surface area contributed by atoms with Crippen LogP contribution in [0, 0.1) is 17.7 Å². The maximum Gasteiger partial charge on any atom is 0.270 e. The van der Waals surface area contributed by atoms with Crippen LogP contribution in [0.2, 0.25) is 0 Å². The highest BCUT2D eigenvalue weighted by Crippen LogP contribution is 2.29. The number of hydrogen-bond acceptors (Lipinski definition) is 2. The van der Waals surface area contributed by atoms with Gasteiger partial charge in [-0.15, -0.1) is 0 Å². The van der Waals surface area contributed by atoms with Gasteiger partial charge in [0.2, 0.25) is 0 Å². The van der Waals surface area contributed by atoms with E-state index in [0.717, 1.165) is 6.42 Å². The van der Waals surface area contributed by atoms with Gasteiger partial charge in [-0.25, -0.2) is 4.39 Å². The first kappa shape index (κ1) is 18.1. The second-order valence-electron chi connectivity index (χ2n) is 6.05. The summed E-state index contributed by atoms with van der Waals surface area (Å²) in [6, 6.07) is 4.25. The number of nitrogens with one attached hydrogen (secondary N) is 3. The molecule has 0 unspecified atom stereocenters. The standard InChI is InChI=1S/C16H21BrFN3OS/c1-9-4-3-5-14(10(9)2)19-16(23)21-20-15(22)12-8-11(18)6-7-13(12)17/h6-10,14H,3-5H2,1-2H3,(H,20,22)(H2,19,21,23)/t9-,10-,14+/m1/s1. The van der Waals surface area contributed by atoms with E-state index < -0.39 is 11.7 Å². The molecule has 1 aromatic rings. The fraction of sp³-hybridized carbons (Fsp3) is 0.500. The molecule has 7 heteroatoms. The van der Waals surface area contributed by atoms with E-state index in [-0.39, 0.29) is 5.56 Å². The molecule has 126 valence electrons. The number of rotatable bonds is 2. The van der Waals surface area contributed by atoms with Crippen LogP contribution in [-0.4, -0.2) is 17.1 Å². The van der Waals surface area contributed by atoms with Gasteiger partial charge in [0.05, 0.1) is 5.56 Å². The first-order chi connectivity index (χ1) is 10.9. The Morgan fingerprint density at radius 2 is 2.04 bits per heavy atom. The molecular formula is C16H21BrFN3OS. The van der Waals surface area contributed by atoms with E-state index in [0.29, 0.717) is 27.5 Å². The Labute approximate surface area is 149 Å². The van der Waals surface area contributed by atoms with Crippen molar-refractivity contribution < 1.29 is 9.18 Å². The summed E-state index contributed by atoms with van der Waals surface area (Å²) < 4.78 is 13.8. The molecule has 1 aliphatic rings. The molecule has 0 aliphatic heterocycles. The first-order valence-electron chi connectivity index (χ1n) is 7.70. The molecule has 1 saturated carbocycles. The first-order valence-corrected chi connectivity index (χ1v) is 8.90. The minimum Gasteiger partial charge on any atom is -0.358 e. The number of amides is 1. The lowest BCUT2D eigenvalue weighted by molar-refractivity contribution is 0.0942. The summed E-state index contributed by atoms with van der Waals surface area (Å²) in [5.41, 5.74) is 5.39. The second-order valence-corrected chi connectivity index (χ2v) is 7.31. The lowest BCUT2D eigenvalue weighted by Gasteiger charge is -2.35. The van der Waals surface area contributed by atoms with Crippen molar-refractivity contribution in [1.29, 1.82) is 0 Å². The van der Waals surface area contributed by atoms with Crippen LogP contribution in [0.4, 0.5) is 4.39 Å². The van der Waals surface area contributed by atoms with Gasteiger partial charge < -0.3 is 5.32 Å². The minimum absolute atomic E-state index is 0.208. The summed E-state index contributed by atoms with van der Waals surface area (Å²) in [5.74, 6) is 0.258. The van der Waals surface area contributed by atoms with Gasteiger partial charge in [-0.05, 0) is 64.6 Å². The zero-order chi connectivity index (χ0) is 17.0. The van der Waals surface area contributed by atoms with Gasteiger partial charge in [-0.1, -0.05) is 26.7 Å². The van der Waals surface area contributed by atoms with E-state index in [4.69, 9.17) is 12.2 Å². The summed E-state index contributed by atoms with van der Waals surface area (Å²) in [7, 11) is 0. The summed E-state index contributed by atoms with van der Waals surface area (Å²) in [5, 5.41) is 3.62. The largest absolute Gasteiger partial charge is 0.358 e. The highest BCUT2D eigenvalue weighted by atomic mass is 79.9. The lowest BCUT2D eigenvalue weighted by Crippen LogP contribution is -2.52. The number of benzene rings is 1. The Kier molecular flexibility index (Phi) is 6.35. The molecule has 1 fully saturated rings. The van der Waals surface area contributed by atoms with Crippen LogP contribution in [0.5, 0.6) is 0 Å². The molecule has 0 aromatic heterocycles. The normalized spacial score (nSPS) is 23.9. The summed E-state index contributed by atoms with van der Waals surface area (Å²) in [6.45, 7) is 4.46. The van der Waals surface area contributed by atoms with Crippen LogP contribution in [0.15, 0.2) is 22.7 Å². The van der Waals surface area contributed by atoms with Crippen molar-refractivity contribution >= 4 is 39.2 Å². The second kappa shape index (κ2) is 8.06. The predicted octanol–water partition coefficient (Wildman–Crippen LogP) is 3.52. The van der Waals surface area contributed by atoms with Gasteiger partial charge in [0.15, 0.2) is 5.11 Å². The van der Waals surface area contributed by atoms with Crippen LogP contribution in [0.1, 0.15) is 43.5 Å². The fourth-order valence-electron chi connectivity index (χ4n) is 2.84. The SMILES string of the molecule is C[C@@H]1[C@H](C)CCC[C@@H]1NC(=S)NNC(=O)c1cc(F)ccc1Br. The Morgan fingerprint density at radius 1 is 1.30 bits per heavy atom. The van der Waals surface area contributed by atoms with Crippen molar-refractivity contribution in [3.63, 3.8) is 0 Å². The third-order valence-corrected chi connectivity index (χ3v) is 5.40. The lowest BCUT2D eigenvalue weighted by atomic mass is 9.78. The zero-order valence-corrected chi connectivity index (χ0v) is 15.6. The van der Waals surface area contributed by atoms with Crippen molar-refractivity contribution in [3.05, 3.63) is 34.1 Å². The third-order valence-electron chi connectivity index (χ3n) is 4.49. The molecule has 0 radical (unpaired) electrons. The molecule has 2 rings (SSSR count). The smallest absolute Gasteiger partial charge is 0.270 e. The minimum atomic E-state index is -0.468. The molecule has 3 atom stereocenters. The maximum absolute atomic E-state index is 13.2. The molecule has 0 saturated heterocycles. The van der Waals surface area contributed by atoms with E-state index >= 15 is 0 Å². The molecule has 23 heavy (non-hydrogen) atoms. The number of hydrogen-bond donors (Lipinski definition) is 3. The van der Waals surface area contributed by atoms with Gasteiger partial charge in [0.1, 0.15) is 5.82 Å². The monoisotopic (exact) mass is 401 g/mol. The molecule has 1 aromatic carbocycles. The fourth-order valence-corrected chi connectivity index (χ4v) is 3.47. The van der Waals surface area contributed by atoms with Crippen LogP contribution in [-0.2, 0) is 0 Å². The number of carbonyl (C=O) groups excluding carboxylic acids is 1. The van der Waals surface area contributed by atoms with E-state index in [9.17, 15) is 9.18 Å². The van der Waals surface area contributed by atoms with Crippen LogP contribution >= 0.6 is 28.1 Å². The van der Waals surface area contributed by atoms with Crippen LogP contribution in [0.3, 0.4) is 0 Å². The van der Waals surface area contributed by atoms with Gasteiger partial charge in [0, 0.05) is 10.5 Å².